The van der Waals surface area contributed by atoms with E-state index in [9.17, 15) is 32.6 Å². The van der Waals surface area contributed by atoms with Crippen LogP contribution in [0.2, 0.25) is 5.02 Å². The number of halogens is 1. The molecule has 2 aliphatic heterocycles. The number of carboxylic acid groups (broad SMARTS) is 1. The largest absolute Gasteiger partial charge is 0.480 e. The summed E-state index contributed by atoms with van der Waals surface area (Å²) in [5.74, 6) is -1.78. The fourth-order valence-electron chi connectivity index (χ4n) is 5.30. The molecule has 0 aliphatic carbocycles. The first-order chi connectivity index (χ1) is 20.4. The van der Waals surface area contributed by atoms with Gasteiger partial charge in [-0.25, -0.2) is 22.7 Å². The standard InChI is InChI=1S/C28H38ClN4O7PS2/c1-2-3-13-26-30-22-16-20(29)25(17-24(22)42-31-26)43(39,40)32-21(19-9-5-4-6-10-19)11-8-15-41(37,38)18-27(34)33-14-7-12-23(33)28(35)36/h4-6,9-10,16-17,21,23,26,30-32H,2-3,7-8,11-15,18H2,1H3,(H,35,36)(H,37,38)/t21?,23?,26-/m0/s1. The molecule has 2 aliphatic rings. The van der Waals surface area contributed by atoms with E-state index in [0.29, 0.717) is 23.3 Å². The molecular weight excluding hydrogens is 635 g/mol. The van der Waals surface area contributed by atoms with Gasteiger partial charge >= 0.3 is 5.97 Å². The Morgan fingerprint density at radius 3 is 2.67 bits per heavy atom. The van der Waals surface area contributed by atoms with Gasteiger partial charge in [-0.1, -0.05) is 61.7 Å². The van der Waals surface area contributed by atoms with Crippen molar-refractivity contribution in [1.82, 2.24) is 14.3 Å². The van der Waals surface area contributed by atoms with Crippen LogP contribution >= 0.6 is 30.9 Å². The molecule has 2 aromatic rings. The van der Waals surface area contributed by atoms with Crippen LogP contribution in [0, 0.1) is 0 Å². The van der Waals surface area contributed by atoms with Crippen molar-refractivity contribution in [3.8, 4) is 0 Å². The number of rotatable bonds is 14. The second kappa shape index (κ2) is 14.8. The molecule has 43 heavy (non-hydrogen) atoms. The molecule has 236 valence electrons. The van der Waals surface area contributed by atoms with Crippen molar-refractivity contribution >= 4 is 58.5 Å². The number of likely N-dealkylation sites (tertiary alicyclic amines) is 1. The van der Waals surface area contributed by atoms with Gasteiger partial charge in [-0.2, -0.15) is 0 Å². The Bertz CT molecular complexity index is 1460. The maximum Gasteiger partial charge on any atom is 0.326 e. The van der Waals surface area contributed by atoms with Crippen LogP contribution in [0.25, 0.3) is 0 Å². The summed E-state index contributed by atoms with van der Waals surface area (Å²) in [5, 5.41) is 12.8. The minimum Gasteiger partial charge on any atom is -0.480 e. The number of amides is 1. The molecular formula is C28H38ClN4O7PS2. The summed E-state index contributed by atoms with van der Waals surface area (Å²) >= 11 is 7.84. The summed E-state index contributed by atoms with van der Waals surface area (Å²) < 4.78 is 46.2. The molecule has 0 spiro atoms. The van der Waals surface area contributed by atoms with Gasteiger partial charge in [0.25, 0.3) is 0 Å². The van der Waals surface area contributed by atoms with Crippen LogP contribution in [0.5, 0.6) is 0 Å². The van der Waals surface area contributed by atoms with Gasteiger partial charge in [0.05, 0.1) is 16.9 Å². The van der Waals surface area contributed by atoms with Crippen molar-refractivity contribution in [3.63, 3.8) is 0 Å². The first-order valence-electron chi connectivity index (χ1n) is 14.3. The third-order valence-electron chi connectivity index (χ3n) is 7.55. The number of sulfonamides is 1. The molecule has 1 fully saturated rings. The third-order valence-corrected chi connectivity index (χ3v) is 12.2. The number of carboxylic acids is 1. The van der Waals surface area contributed by atoms with Crippen LogP contribution in [-0.4, -0.2) is 66.3 Å². The number of carbonyl (C=O) groups excluding carboxylic acids is 1. The van der Waals surface area contributed by atoms with Crippen molar-refractivity contribution < 1.29 is 32.6 Å². The molecule has 0 bridgehead atoms. The molecule has 2 aromatic carbocycles. The summed E-state index contributed by atoms with van der Waals surface area (Å²) in [6, 6.07) is 10.3. The lowest BCUT2D eigenvalue weighted by molar-refractivity contribution is -0.147. The number of anilines is 1. The molecule has 5 N–H and O–H groups in total. The summed E-state index contributed by atoms with van der Waals surface area (Å²) in [6.45, 7) is 2.35. The van der Waals surface area contributed by atoms with E-state index in [4.69, 9.17) is 11.6 Å². The molecule has 0 aromatic heterocycles. The molecule has 4 atom stereocenters. The number of hydrogen-bond acceptors (Lipinski definition) is 8. The first kappa shape index (κ1) is 33.8. The van der Waals surface area contributed by atoms with E-state index in [1.807, 2.05) is 0 Å². The van der Waals surface area contributed by atoms with Gasteiger partial charge in [-0.15, -0.1) is 0 Å². The number of nitrogens with one attached hydrogen (secondary N) is 3. The Hall–Kier alpha value is -2.12. The van der Waals surface area contributed by atoms with E-state index in [0.717, 1.165) is 29.8 Å². The Balaban J connectivity index is 1.44. The second-order valence-corrected chi connectivity index (χ2v) is 16.3. The van der Waals surface area contributed by atoms with Crippen molar-refractivity contribution in [2.75, 3.05) is 24.2 Å². The van der Waals surface area contributed by atoms with Crippen LogP contribution in [-0.2, 0) is 24.2 Å². The van der Waals surface area contributed by atoms with Crippen molar-refractivity contribution in [2.24, 2.45) is 0 Å². The Kier molecular flexibility index (Phi) is 11.6. The molecule has 2 heterocycles. The maximum absolute atomic E-state index is 13.6. The molecule has 11 nitrogen and oxygen atoms in total. The lowest BCUT2D eigenvalue weighted by Crippen LogP contribution is -2.41. The zero-order valence-corrected chi connectivity index (χ0v) is 27.2. The average molecular weight is 673 g/mol. The van der Waals surface area contributed by atoms with Gasteiger partial charge in [0, 0.05) is 23.6 Å². The lowest BCUT2D eigenvalue weighted by atomic mass is 10.0. The number of hydrogen-bond donors (Lipinski definition) is 5. The van der Waals surface area contributed by atoms with Crippen LogP contribution in [0.3, 0.4) is 0 Å². The summed E-state index contributed by atoms with van der Waals surface area (Å²) in [5.41, 5.74) is 1.42. The number of fused-ring (bicyclic) bond motifs is 1. The minimum absolute atomic E-state index is 0.0447. The Morgan fingerprint density at radius 1 is 1.23 bits per heavy atom. The predicted molar refractivity (Wildman–Crippen MR) is 168 cm³/mol. The van der Waals surface area contributed by atoms with Gasteiger partial charge in [0.2, 0.25) is 23.3 Å². The monoisotopic (exact) mass is 672 g/mol. The van der Waals surface area contributed by atoms with E-state index in [1.165, 1.54) is 18.0 Å². The second-order valence-electron chi connectivity index (χ2n) is 10.9. The zero-order valence-electron chi connectivity index (χ0n) is 23.9. The highest BCUT2D eigenvalue weighted by Gasteiger charge is 2.37. The van der Waals surface area contributed by atoms with Crippen LogP contribution in [0.1, 0.15) is 63.5 Å². The van der Waals surface area contributed by atoms with Gasteiger partial charge < -0.3 is 20.2 Å². The quantitative estimate of drug-likeness (QED) is 0.136. The number of aliphatic carboxylic acids is 1. The highest BCUT2D eigenvalue weighted by Crippen LogP contribution is 2.43. The third kappa shape index (κ3) is 8.97. The highest BCUT2D eigenvalue weighted by molar-refractivity contribution is 7.97. The van der Waals surface area contributed by atoms with Crippen molar-refractivity contribution in [2.45, 2.75) is 79.9 Å². The molecule has 4 rings (SSSR count). The predicted octanol–water partition coefficient (Wildman–Crippen LogP) is 5.02. The van der Waals surface area contributed by atoms with E-state index < -0.39 is 47.5 Å². The van der Waals surface area contributed by atoms with Gasteiger partial charge in [-0.05, 0) is 61.7 Å². The topological polar surface area (TPSA) is 165 Å². The number of nitrogens with zero attached hydrogens (tertiary/aromatic N) is 1. The van der Waals surface area contributed by atoms with Crippen molar-refractivity contribution in [1.29, 1.82) is 0 Å². The SMILES string of the molecule is CCCC[C@@H]1NSc2cc(S(=O)(=O)NC(CCCP(=O)(O)CC(=O)N3CCCC3C(=O)O)c3ccccc3)c(Cl)cc2N1. The van der Waals surface area contributed by atoms with Crippen LogP contribution in [0.15, 0.2) is 52.3 Å². The van der Waals surface area contributed by atoms with E-state index >= 15 is 0 Å². The van der Waals surface area contributed by atoms with Crippen LogP contribution in [0.4, 0.5) is 5.69 Å². The maximum atomic E-state index is 13.6. The number of carbonyl (C=O) groups is 2. The molecule has 0 saturated carbocycles. The number of unbranched alkanes of at least 4 members (excludes halogenated alkanes) is 1. The molecule has 1 saturated heterocycles. The Morgan fingerprint density at radius 2 is 1.98 bits per heavy atom. The van der Waals surface area contributed by atoms with E-state index in [2.05, 4.69) is 21.7 Å². The smallest absolute Gasteiger partial charge is 0.326 e. The van der Waals surface area contributed by atoms with Gasteiger partial charge in [0.15, 0.2) is 0 Å². The zero-order chi connectivity index (χ0) is 31.2. The molecule has 15 heteroatoms. The molecule has 3 unspecified atom stereocenters. The molecule has 1 amide bonds. The van der Waals surface area contributed by atoms with E-state index in [-0.39, 0.29) is 41.6 Å². The Labute approximate surface area is 261 Å². The van der Waals surface area contributed by atoms with Gasteiger partial charge in [0.1, 0.15) is 17.1 Å². The highest BCUT2D eigenvalue weighted by atomic mass is 35.5. The number of benzene rings is 2. The first-order valence-corrected chi connectivity index (χ1v) is 19.0. The van der Waals surface area contributed by atoms with Gasteiger partial charge in [-0.3, -0.25) is 9.36 Å². The van der Waals surface area contributed by atoms with Crippen molar-refractivity contribution in [3.05, 3.63) is 53.1 Å². The summed E-state index contributed by atoms with van der Waals surface area (Å²) in [7, 11) is -8.06. The summed E-state index contributed by atoms with van der Waals surface area (Å²) in [6.07, 6.45) is 3.35. The van der Waals surface area contributed by atoms with E-state index in [1.54, 1.807) is 36.4 Å². The fraction of sp³-hybridized carbons (Fsp3) is 0.500. The normalized spacial score (nSPS) is 20.6. The molecule has 0 radical (unpaired) electrons. The summed E-state index contributed by atoms with van der Waals surface area (Å²) in [4.78, 5) is 36.4. The minimum atomic E-state index is -4.11. The van der Waals surface area contributed by atoms with Crippen LogP contribution < -0.4 is 14.8 Å². The fourth-order valence-corrected chi connectivity index (χ4v) is 9.48. The lowest BCUT2D eigenvalue weighted by Gasteiger charge is -2.28. The average Bonchev–Trinajstić information content (AvgIpc) is 3.46.